The topological polar surface area (TPSA) is 52.7 Å². The molecular formula is C19H15ClN4O. The number of rotatable bonds is 4. The molecule has 124 valence electrons. The molecule has 0 spiro atoms. The van der Waals surface area contributed by atoms with Gasteiger partial charge >= 0.3 is 0 Å². The zero-order chi connectivity index (χ0) is 17.2. The van der Waals surface area contributed by atoms with Crippen molar-refractivity contribution >= 4 is 22.4 Å². The number of hydrogen-bond donors (Lipinski definition) is 0. The lowest BCUT2D eigenvalue weighted by Gasteiger charge is -2.11. The summed E-state index contributed by atoms with van der Waals surface area (Å²) in [6.07, 6.45) is 5.31. The first kappa shape index (κ1) is 15.6. The van der Waals surface area contributed by atoms with E-state index in [0.717, 1.165) is 16.6 Å². The first-order valence-electron chi connectivity index (χ1n) is 7.94. The molecule has 0 saturated carbocycles. The average Bonchev–Trinajstić information content (AvgIpc) is 3.16. The Bertz CT molecular complexity index is 1070. The molecule has 4 rings (SSSR count). The molecule has 5 nitrogen and oxygen atoms in total. The van der Waals surface area contributed by atoms with Gasteiger partial charge < -0.3 is 4.57 Å². The van der Waals surface area contributed by atoms with Crippen molar-refractivity contribution in [2.75, 3.05) is 0 Å². The molecule has 0 amide bonds. The third-order valence-corrected chi connectivity index (χ3v) is 4.37. The van der Waals surface area contributed by atoms with E-state index in [2.05, 4.69) is 10.1 Å². The molecule has 0 atom stereocenters. The van der Waals surface area contributed by atoms with Crippen molar-refractivity contribution in [1.29, 1.82) is 0 Å². The van der Waals surface area contributed by atoms with Gasteiger partial charge in [0.15, 0.2) is 0 Å². The van der Waals surface area contributed by atoms with Gasteiger partial charge in [-0.25, -0.2) is 9.67 Å². The summed E-state index contributed by atoms with van der Waals surface area (Å²) in [5.74, 6) is 0. The maximum absolute atomic E-state index is 12.8. The summed E-state index contributed by atoms with van der Waals surface area (Å²) in [6, 6.07) is 15.0. The number of nitrogens with zero attached hydrogens (tertiary/aromatic N) is 4. The molecule has 2 aromatic heterocycles. The normalized spacial score (nSPS) is 11.1. The van der Waals surface area contributed by atoms with Crippen LogP contribution in [0.15, 0.2) is 72.0 Å². The Hall–Kier alpha value is -2.92. The molecule has 2 heterocycles. The number of hydrogen-bond acceptors (Lipinski definition) is 3. The highest BCUT2D eigenvalue weighted by Gasteiger charge is 2.12. The van der Waals surface area contributed by atoms with Crippen molar-refractivity contribution < 1.29 is 0 Å². The van der Waals surface area contributed by atoms with E-state index in [0.29, 0.717) is 23.5 Å². The van der Waals surface area contributed by atoms with E-state index >= 15 is 0 Å². The number of aryl methyl sites for hydroxylation is 2. The summed E-state index contributed by atoms with van der Waals surface area (Å²) in [7, 11) is 0. The predicted molar refractivity (Wildman–Crippen MR) is 98.7 cm³/mol. The van der Waals surface area contributed by atoms with E-state index in [-0.39, 0.29) is 5.56 Å². The second-order valence-corrected chi connectivity index (χ2v) is 6.17. The van der Waals surface area contributed by atoms with Gasteiger partial charge in [-0.1, -0.05) is 41.9 Å². The van der Waals surface area contributed by atoms with Crippen molar-refractivity contribution in [2.45, 2.75) is 13.1 Å². The smallest absolute Gasteiger partial charge is 0.274 e. The molecule has 0 aliphatic heterocycles. The first-order chi connectivity index (χ1) is 12.2. The van der Waals surface area contributed by atoms with Gasteiger partial charge in [0.05, 0.1) is 24.0 Å². The molecule has 0 fully saturated rings. The average molecular weight is 351 g/mol. The lowest BCUT2D eigenvalue weighted by molar-refractivity contribution is 0.516. The van der Waals surface area contributed by atoms with E-state index in [1.54, 1.807) is 12.5 Å². The SMILES string of the molecule is O=c1c2ccccc2c(-c2ccc(Cl)cc2)nn1CCn1ccnc1. The summed E-state index contributed by atoms with van der Waals surface area (Å²) < 4.78 is 3.44. The number of benzene rings is 2. The number of halogens is 1. The Morgan fingerprint density at radius 2 is 1.72 bits per heavy atom. The summed E-state index contributed by atoms with van der Waals surface area (Å²) >= 11 is 6.00. The van der Waals surface area contributed by atoms with Crippen molar-refractivity contribution in [3.05, 3.63) is 82.6 Å². The van der Waals surface area contributed by atoms with E-state index in [1.165, 1.54) is 4.68 Å². The third-order valence-electron chi connectivity index (χ3n) is 4.11. The van der Waals surface area contributed by atoms with Gasteiger partial charge in [-0.2, -0.15) is 5.10 Å². The predicted octanol–water partition coefficient (Wildman–Crippen LogP) is 3.61. The maximum Gasteiger partial charge on any atom is 0.274 e. The zero-order valence-corrected chi connectivity index (χ0v) is 14.1. The van der Waals surface area contributed by atoms with Crippen molar-refractivity contribution in [3.8, 4) is 11.3 Å². The minimum absolute atomic E-state index is 0.0894. The Balaban J connectivity index is 1.84. The number of fused-ring (bicyclic) bond motifs is 1. The summed E-state index contributed by atoms with van der Waals surface area (Å²) in [5.41, 5.74) is 1.61. The van der Waals surface area contributed by atoms with Crippen LogP contribution in [0.2, 0.25) is 5.02 Å². The van der Waals surface area contributed by atoms with Gasteiger partial charge in [0.2, 0.25) is 0 Å². The molecule has 0 saturated heterocycles. The third kappa shape index (κ3) is 3.06. The van der Waals surface area contributed by atoms with E-state index in [4.69, 9.17) is 11.6 Å². The molecule has 0 unspecified atom stereocenters. The van der Waals surface area contributed by atoms with E-state index < -0.39 is 0 Å². The molecular weight excluding hydrogens is 336 g/mol. The van der Waals surface area contributed by atoms with Gasteiger partial charge in [0, 0.05) is 34.9 Å². The molecule has 0 aliphatic carbocycles. The van der Waals surface area contributed by atoms with Crippen molar-refractivity contribution in [2.24, 2.45) is 0 Å². The molecule has 0 N–H and O–H groups in total. The summed E-state index contributed by atoms with van der Waals surface area (Å²) in [5, 5.41) is 6.80. The fourth-order valence-corrected chi connectivity index (χ4v) is 2.96. The molecule has 25 heavy (non-hydrogen) atoms. The number of imidazole rings is 1. The highest BCUT2D eigenvalue weighted by Crippen LogP contribution is 2.25. The van der Waals surface area contributed by atoms with Crippen LogP contribution in [0.4, 0.5) is 0 Å². The molecule has 0 aliphatic rings. The van der Waals surface area contributed by atoms with Crippen LogP contribution in [-0.4, -0.2) is 19.3 Å². The Morgan fingerprint density at radius 3 is 2.44 bits per heavy atom. The fourth-order valence-electron chi connectivity index (χ4n) is 2.84. The van der Waals surface area contributed by atoms with E-state index in [9.17, 15) is 4.79 Å². The first-order valence-corrected chi connectivity index (χ1v) is 8.32. The van der Waals surface area contributed by atoms with Crippen molar-refractivity contribution in [3.63, 3.8) is 0 Å². The summed E-state index contributed by atoms with van der Waals surface area (Å²) in [4.78, 5) is 16.8. The molecule has 2 aromatic carbocycles. The van der Waals surface area contributed by atoms with Gasteiger partial charge in [0.25, 0.3) is 5.56 Å². The van der Waals surface area contributed by atoms with Crippen molar-refractivity contribution in [1.82, 2.24) is 19.3 Å². The highest BCUT2D eigenvalue weighted by atomic mass is 35.5. The van der Waals surface area contributed by atoms with Crippen LogP contribution in [0.3, 0.4) is 0 Å². The zero-order valence-electron chi connectivity index (χ0n) is 13.3. The lowest BCUT2D eigenvalue weighted by atomic mass is 10.1. The van der Waals surface area contributed by atoms with Gasteiger partial charge in [-0.05, 0) is 18.2 Å². The van der Waals surface area contributed by atoms with Gasteiger partial charge in [-0.3, -0.25) is 4.79 Å². The monoisotopic (exact) mass is 350 g/mol. The minimum Gasteiger partial charge on any atom is -0.336 e. The van der Waals surface area contributed by atoms with Crippen LogP contribution in [-0.2, 0) is 13.1 Å². The second-order valence-electron chi connectivity index (χ2n) is 5.73. The Kier molecular flexibility index (Phi) is 4.07. The molecule has 0 bridgehead atoms. The second kappa shape index (κ2) is 6.53. The van der Waals surface area contributed by atoms with Gasteiger partial charge in [0.1, 0.15) is 0 Å². The maximum atomic E-state index is 12.8. The van der Waals surface area contributed by atoms with Crippen LogP contribution in [0.25, 0.3) is 22.0 Å². The quantitative estimate of drug-likeness (QED) is 0.565. The van der Waals surface area contributed by atoms with Gasteiger partial charge in [-0.15, -0.1) is 0 Å². The Morgan fingerprint density at radius 1 is 0.960 bits per heavy atom. The minimum atomic E-state index is -0.0894. The largest absolute Gasteiger partial charge is 0.336 e. The van der Waals surface area contributed by atoms with Crippen LogP contribution in [0.5, 0.6) is 0 Å². The molecule has 4 aromatic rings. The van der Waals surface area contributed by atoms with Crippen LogP contribution >= 0.6 is 11.6 Å². The molecule has 6 heteroatoms. The van der Waals surface area contributed by atoms with Crippen LogP contribution in [0, 0.1) is 0 Å². The molecule has 0 radical (unpaired) electrons. The van der Waals surface area contributed by atoms with Crippen LogP contribution < -0.4 is 5.56 Å². The number of aromatic nitrogens is 4. The fraction of sp³-hybridized carbons (Fsp3) is 0.105. The summed E-state index contributed by atoms with van der Waals surface area (Å²) in [6.45, 7) is 1.10. The van der Waals surface area contributed by atoms with E-state index in [1.807, 2.05) is 59.3 Å². The lowest BCUT2D eigenvalue weighted by Crippen LogP contribution is -2.25. The van der Waals surface area contributed by atoms with Crippen LogP contribution in [0.1, 0.15) is 0 Å². The highest BCUT2D eigenvalue weighted by molar-refractivity contribution is 6.30. The standard InChI is InChI=1S/C19H15ClN4O/c20-15-7-5-14(6-8-15)18-16-3-1-2-4-17(16)19(25)24(22-18)12-11-23-10-9-21-13-23/h1-10,13H,11-12H2. The Labute approximate surface area is 149 Å².